The van der Waals surface area contributed by atoms with Gasteiger partial charge >= 0.3 is 0 Å². The van der Waals surface area contributed by atoms with Gasteiger partial charge in [-0.3, -0.25) is 9.48 Å². The third-order valence-electron chi connectivity index (χ3n) is 4.38. The lowest BCUT2D eigenvalue weighted by Crippen LogP contribution is -2.51. The summed E-state index contributed by atoms with van der Waals surface area (Å²) in [5, 5.41) is 7.22. The van der Waals surface area contributed by atoms with E-state index in [9.17, 15) is 9.18 Å². The van der Waals surface area contributed by atoms with Gasteiger partial charge in [-0.15, -0.1) is 0 Å². The number of halogens is 1. The molecule has 0 aliphatic carbocycles. The SMILES string of the molecule is CNC(C(=O)N1CCN(c2ccc(F)cc2)CC1)c1cnn(C)c1. The summed E-state index contributed by atoms with van der Waals surface area (Å²) in [7, 11) is 3.62. The van der Waals surface area contributed by atoms with Crippen molar-refractivity contribution in [2.24, 2.45) is 7.05 Å². The lowest BCUT2D eigenvalue weighted by molar-refractivity contribution is -0.133. The number of piperazine rings is 1. The van der Waals surface area contributed by atoms with Crippen molar-refractivity contribution in [1.82, 2.24) is 20.0 Å². The molecule has 0 saturated carbocycles. The van der Waals surface area contributed by atoms with Gasteiger partial charge in [0.25, 0.3) is 0 Å². The number of hydrogen-bond donors (Lipinski definition) is 1. The summed E-state index contributed by atoms with van der Waals surface area (Å²) in [4.78, 5) is 16.8. The van der Waals surface area contributed by atoms with E-state index in [-0.39, 0.29) is 17.8 Å². The third-order valence-corrected chi connectivity index (χ3v) is 4.38. The van der Waals surface area contributed by atoms with E-state index in [1.165, 1.54) is 12.1 Å². The standard InChI is InChI=1S/C17H22FN5O/c1-19-16(13-11-20-21(2)12-13)17(24)23-9-7-22(8-10-23)15-5-3-14(18)4-6-15/h3-6,11-12,16,19H,7-10H2,1-2H3. The zero-order valence-corrected chi connectivity index (χ0v) is 13.9. The van der Waals surface area contributed by atoms with Crippen molar-refractivity contribution >= 4 is 11.6 Å². The first-order valence-corrected chi connectivity index (χ1v) is 8.03. The first-order chi connectivity index (χ1) is 11.6. The quantitative estimate of drug-likeness (QED) is 0.914. The van der Waals surface area contributed by atoms with Crippen molar-refractivity contribution in [2.45, 2.75) is 6.04 Å². The molecule has 6 nitrogen and oxygen atoms in total. The molecule has 2 aromatic rings. The lowest BCUT2D eigenvalue weighted by atomic mass is 10.1. The predicted molar refractivity (Wildman–Crippen MR) is 90.2 cm³/mol. The molecule has 1 aliphatic heterocycles. The molecule has 1 aromatic heterocycles. The maximum Gasteiger partial charge on any atom is 0.244 e. The van der Waals surface area contributed by atoms with Gasteiger partial charge in [0.2, 0.25) is 5.91 Å². The summed E-state index contributed by atoms with van der Waals surface area (Å²) in [6, 6.07) is 6.10. The van der Waals surface area contributed by atoms with Gasteiger partial charge in [0.05, 0.1) is 6.20 Å². The molecular formula is C17H22FN5O. The van der Waals surface area contributed by atoms with Crippen molar-refractivity contribution < 1.29 is 9.18 Å². The second-order valence-corrected chi connectivity index (χ2v) is 5.96. The maximum atomic E-state index is 13.0. The number of nitrogens with zero attached hydrogens (tertiary/aromatic N) is 4. The monoisotopic (exact) mass is 331 g/mol. The van der Waals surface area contributed by atoms with Crippen LogP contribution in [-0.4, -0.2) is 53.8 Å². The number of amides is 1. The summed E-state index contributed by atoms with van der Waals surface area (Å²) < 4.78 is 14.7. The summed E-state index contributed by atoms with van der Waals surface area (Å²) in [5.74, 6) is -0.176. The zero-order valence-electron chi connectivity index (χ0n) is 13.9. The van der Waals surface area contributed by atoms with Gasteiger partial charge in [-0.05, 0) is 31.3 Å². The Bertz CT molecular complexity index is 691. The number of aryl methyl sites for hydroxylation is 1. The van der Waals surface area contributed by atoms with Gasteiger partial charge in [-0.2, -0.15) is 5.10 Å². The number of carbonyl (C=O) groups is 1. The minimum Gasteiger partial charge on any atom is -0.368 e. The Balaban J connectivity index is 1.63. The van der Waals surface area contributed by atoms with Crippen LogP contribution in [0.5, 0.6) is 0 Å². The largest absolute Gasteiger partial charge is 0.368 e. The van der Waals surface area contributed by atoms with E-state index in [4.69, 9.17) is 0 Å². The number of nitrogens with one attached hydrogen (secondary N) is 1. The highest BCUT2D eigenvalue weighted by molar-refractivity contribution is 5.83. The molecule has 1 aromatic carbocycles. The molecule has 1 unspecified atom stereocenters. The molecule has 3 rings (SSSR count). The number of carbonyl (C=O) groups excluding carboxylic acids is 1. The molecule has 2 heterocycles. The Labute approximate surface area is 140 Å². The van der Waals surface area contributed by atoms with E-state index >= 15 is 0 Å². The topological polar surface area (TPSA) is 53.4 Å². The molecule has 128 valence electrons. The molecular weight excluding hydrogens is 309 g/mol. The van der Waals surface area contributed by atoms with Crippen LogP contribution in [0.25, 0.3) is 0 Å². The van der Waals surface area contributed by atoms with Crippen LogP contribution < -0.4 is 10.2 Å². The van der Waals surface area contributed by atoms with E-state index in [2.05, 4.69) is 15.3 Å². The van der Waals surface area contributed by atoms with Crippen molar-refractivity contribution in [3.63, 3.8) is 0 Å². The fourth-order valence-electron chi connectivity index (χ4n) is 3.04. The van der Waals surface area contributed by atoms with Gasteiger partial charge < -0.3 is 15.1 Å². The van der Waals surface area contributed by atoms with E-state index in [0.717, 1.165) is 24.3 Å². The second-order valence-electron chi connectivity index (χ2n) is 5.96. The molecule has 0 radical (unpaired) electrons. The number of hydrogen-bond acceptors (Lipinski definition) is 4. The molecule has 0 bridgehead atoms. The van der Waals surface area contributed by atoms with Crippen molar-refractivity contribution in [1.29, 1.82) is 0 Å². The molecule has 1 saturated heterocycles. The Morgan fingerprint density at radius 2 is 1.88 bits per heavy atom. The molecule has 7 heteroatoms. The van der Waals surface area contributed by atoms with Gasteiger partial charge in [0.1, 0.15) is 11.9 Å². The summed E-state index contributed by atoms with van der Waals surface area (Å²) in [6.45, 7) is 2.77. The van der Waals surface area contributed by atoms with Crippen molar-refractivity contribution in [3.8, 4) is 0 Å². The minimum atomic E-state index is -0.379. The molecule has 1 aliphatic rings. The second kappa shape index (κ2) is 7.00. The summed E-state index contributed by atoms with van der Waals surface area (Å²) in [5.41, 5.74) is 1.85. The van der Waals surface area contributed by atoms with Crippen LogP contribution in [0.2, 0.25) is 0 Å². The Morgan fingerprint density at radius 1 is 1.21 bits per heavy atom. The van der Waals surface area contributed by atoms with Crippen LogP contribution in [0.15, 0.2) is 36.7 Å². The van der Waals surface area contributed by atoms with Crippen LogP contribution >= 0.6 is 0 Å². The molecule has 24 heavy (non-hydrogen) atoms. The highest BCUT2D eigenvalue weighted by atomic mass is 19.1. The fraction of sp³-hybridized carbons (Fsp3) is 0.412. The fourth-order valence-corrected chi connectivity index (χ4v) is 3.04. The van der Waals surface area contributed by atoms with Crippen LogP contribution in [0, 0.1) is 5.82 Å². The van der Waals surface area contributed by atoms with Crippen molar-refractivity contribution in [3.05, 3.63) is 48.0 Å². The number of rotatable bonds is 4. The van der Waals surface area contributed by atoms with Crippen LogP contribution in [0.4, 0.5) is 10.1 Å². The normalized spacial score (nSPS) is 16.3. The van der Waals surface area contributed by atoms with Gasteiger partial charge in [0.15, 0.2) is 0 Å². The molecule has 1 N–H and O–H groups in total. The molecule has 1 atom stereocenters. The summed E-state index contributed by atoms with van der Waals surface area (Å²) >= 11 is 0. The highest BCUT2D eigenvalue weighted by Gasteiger charge is 2.28. The average Bonchev–Trinajstić information content (AvgIpc) is 3.02. The van der Waals surface area contributed by atoms with Crippen LogP contribution in [-0.2, 0) is 11.8 Å². The first kappa shape index (κ1) is 16.4. The molecule has 1 fully saturated rings. The molecule has 0 spiro atoms. The Morgan fingerprint density at radius 3 is 2.42 bits per heavy atom. The van der Waals surface area contributed by atoms with Crippen molar-refractivity contribution in [2.75, 3.05) is 38.1 Å². The first-order valence-electron chi connectivity index (χ1n) is 8.03. The smallest absolute Gasteiger partial charge is 0.244 e. The Kier molecular flexibility index (Phi) is 4.80. The van der Waals surface area contributed by atoms with E-state index < -0.39 is 0 Å². The number of benzene rings is 1. The summed E-state index contributed by atoms with van der Waals surface area (Å²) in [6.07, 6.45) is 3.57. The maximum absolute atomic E-state index is 13.0. The van der Waals surface area contributed by atoms with E-state index in [1.54, 1.807) is 30.1 Å². The van der Waals surface area contributed by atoms with Crippen LogP contribution in [0.1, 0.15) is 11.6 Å². The number of anilines is 1. The van der Waals surface area contributed by atoms with Gasteiger partial charge in [0, 0.05) is 50.7 Å². The number of likely N-dealkylation sites (N-methyl/N-ethyl adjacent to an activating group) is 1. The predicted octanol–water partition coefficient (Wildman–Crippen LogP) is 1.17. The van der Waals surface area contributed by atoms with E-state index in [0.29, 0.717) is 13.1 Å². The van der Waals surface area contributed by atoms with Crippen LogP contribution in [0.3, 0.4) is 0 Å². The third kappa shape index (κ3) is 3.41. The van der Waals surface area contributed by atoms with Gasteiger partial charge in [-0.1, -0.05) is 0 Å². The average molecular weight is 331 g/mol. The lowest BCUT2D eigenvalue weighted by Gasteiger charge is -2.37. The highest BCUT2D eigenvalue weighted by Crippen LogP contribution is 2.20. The van der Waals surface area contributed by atoms with Gasteiger partial charge in [-0.25, -0.2) is 4.39 Å². The zero-order chi connectivity index (χ0) is 17.1. The minimum absolute atomic E-state index is 0.0595. The number of aromatic nitrogens is 2. The molecule has 1 amide bonds. The van der Waals surface area contributed by atoms with E-state index in [1.807, 2.05) is 18.1 Å². The Hall–Kier alpha value is -2.41.